The number of ether oxygens (including phenoxy) is 1. The zero-order valence-electron chi connectivity index (χ0n) is 25.1. The first-order chi connectivity index (χ1) is 20.2. The second kappa shape index (κ2) is 11.8. The van der Waals surface area contributed by atoms with Gasteiger partial charge in [-0.25, -0.2) is 22.7 Å². The molecule has 0 aliphatic carbocycles. The largest absolute Gasteiger partial charge is 0.444 e. The third kappa shape index (κ3) is 7.32. The molecule has 2 N–H and O–H groups in total. The highest BCUT2D eigenvalue weighted by Gasteiger charge is 2.33. The third-order valence-corrected chi connectivity index (χ3v) is 8.27. The quantitative estimate of drug-likeness (QED) is 0.405. The van der Waals surface area contributed by atoms with Gasteiger partial charge in [0.15, 0.2) is 5.65 Å². The highest BCUT2D eigenvalue weighted by molar-refractivity contribution is 7.92. The molecule has 1 aromatic carbocycles. The molecule has 43 heavy (non-hydrogen) atoms. The van der Waals surface area contributed by atoms with Crippen molar-refractivity contribution in [3.8, 4) is 0 Å². The van der Waals surface area contributed by atoms with Gasteiger partial charge in [0, 0.05) is 42.5 Å². The predicted molar refractivity (Wildman–Crippen MR) is 165 cm³/mol. The molecule has 0 radical (unpaired) electrons. The Labute approximate surface area is 256 Å². The molecule has 232 valence electrons. The van der Waals surface area contributed by atoms with Crippen molar-refractivity contribution >= 4 is 50.8 Å². The monoisotopic (exact) mass is 631 g/mol. The Morgan fingerprint density at radius 2 is 1.88 bits per heavy atom. The Kier molecular flexibility index (Phi) is 8.50. The number of aryl methyl sites for hydroxylation is 1. The fourth-order valence-electron chi connectivity index (χ4n) is 5.67. The van der Waals surface area contributed by atoms with E-state index in [1.807, 2.05) is 40.0 Å². The van der Waals surface area contributed by atoms with Gasteiger partial charge >= 0.3 is 6.09 Å². The minimum Gasteiger partial charge on any atom is -0.444 e. The van der Waals surface area contributed by atoms with Gasteiger partial charge in [0.25, 0.3) is 5.91 Å². The summed E-state index contributed by atoms with van der Waals surface area (Å²) in [4.78, 5) is 34.9. The van der Waals surface area contributed by atoms with Gasteiger partial charge in [-0.3, -0.25) is 9.52 Å². The van der Waals surface area contributed by atoms with Gasteiger partial charge < -0.3 is 19.9 Å². The maximum Gasteiger partial charge on any atom is 0.407 e. The highest BCUT2D eigenvalue weighted by atomic mass is 35.5. The first-order valence-corrected chi connectivity index (χ1v) is 16.6. The fourth-order valence-corrected chi connectivity index (χ4v) is 6.42. The minimum absolute atomic E-state index is 0.0527. The van der Waals surface area contributed by atoms with Crippen LogP contribution in [0.5, 0.6) is 0 Å². The lowest BCUT2D eigenvalue weighted by atomic mass is 9.98. The number of rotatable bonds is 6. The zero-order valence-corrected chi connectivity index (χ0v) is 26.6. The number of piperidine rings is 1. The van der Waals surface area contributed by atoms with Crippen LogP contribution >= 0.6 is 11.6 Å². The Balaban J connectivity index is 1.38. The molecule has 2 fully saturated rings. The summed E-state index contributed by atoms with van der Waals surface area (Å²) in [5.41, 5.74) is 2.11. The summed E-state index contributed by atoms with van der Waals surface area (Å²) in [5.74, 6) is 0.500. The molecule has 0 unspecified atom stereocenters. The molecule has 2 atom stereocenters. The number of halogens is 1. The van der Waals surface area contributed by atoms with Crippen LogP contribution < -0.4 is 14.9 Å². The molecule has 0 bridgehead atoms. The van der Waals surface area contributed by atoms with Crippen LogP contribution in [0.2, 0.25) is 5.02 Å². The standard InChI is InChI=1S/C29H38ClN7O5S/c1-18-16-37-25(32-26(18)35-13-11-20(17-35)31-28(39)42-29(2,3)4)15-23(33-37)24-8-6-7-12-36(24)27(38)21-14-19(30)9-10-22(21)34-43(5,40)41/h9-10,14-16,20,24,34H,6-8,11-13,17H2,1-5H3,(H,31,39)/t20-,24-/m0/s1. The summed E-state index contributed by atoms with van der Waals surface area (Å²) in [6, 6.07) is 6.07. The van der Waals surface area contributed by atoms with Gasteiger partial charge in [0.05, 0.1) is 35.3 Å². The van der Waals surface area contributed by atoms with Crippen LogP contribution in [0.1, 0.15) is 74.1 Å². The van der Waals surface area contributed by atoms with Crippen LogP contribution in [0.4, 0.5) is 16.3 Å². The van der Waals surface area contributed by atoms with Crippen molar-refractivity contribution in [1.29, 1.82) is 0 Å². The summed E-state index contributed by atoms with van der Waals surface area (Å²) in [5, 5.41) is 8.10. The molecule has 5 rings (SSSR count). The van der Waals surface area contributed by atoms with E-state index in [0.717, 1.165) is 43.4 Å². The second-order valence-electron chi connectivity index (χ2n) is 12.3. The summed E-state index contributed by atoms with van der Waals surface area (Å²) >= 11 is 6.22. The van der Waals surface area contributed by atoms with Crippen LogP contribution in [-0.2, 0) is 14.8 Å². The molecule has 0 saturated carbocycles. The van der Waals surface area contributed by atoms with Crippen molar-refractivity contribution in [3.63, 3.8) is 0 Å². The normalized spacial score (nSPS) is 19.5. The second-order valence-corrected chi connectivity index (χ2v) is 14.5. The molecule has 2 aromatic heterocycles. The number of nitrogens with zero attached hydrogens (tertiary/aromatic N) is 5. The van der Waals surface area contributed by atoms with E-state index in [4.69, 9.17) is 26.4 Å². The number of anilines is 2. The van der Waals surface area contributed by atoms with E-state index in [2.05, 4.69) is 14.9 Å². The van der Waals surface area contributed by atoms with Gasteiger partial charge in [-0.15, -0.1) is 0 Å². The number of aromatic nitrogens is 3. The number of alkyl carbamates (subject to hydrolysis) is 1. The first kappa shape index (κ1) is 30.9. The van der Waals surface area contributed by atoms with Gasteiger partial charge in [0.1, 0.15) is 11.4 Å². The molecule has 2 saturated heterocycles. The van der Waals surface area contributed by atoms with Gasteiger partial charge in [-0.1, -0.05) is 11.6 Å². The molecule has 2 amide bonds. The Hall–Kier alpha value is -3.58. The summed E-state index contributed by atoms with van der Waals surface area (Å²) in [6.07, 6.45) is 5.76. The maximum atomic E-state index is 13.9. The Bertz CT molecular complexity index is 1650. The number of benzene rings is 1. The number of nitrogens with one attached hydrogen (secondary N) is 2. The van der Waals surface area contributed by atoms with Crippen LogP contribution in [0, 0.1) is 6.92 Å². The van der Waals surface area contributed by atoms with E-state index in [-0.39, 0.29) is 29.2 Å². The van der Waals surface area contributed by atoms with Crippen molar-refractivity contribution in [2.75, 3.05) is 35.5 Å². The van der Waals surface area contributed by atoms with E-state index in [9.17, 15) is 18.0 Å². The van der Waals surface area contributed by atoms with Gasteiger partial charge in [0.2, 0.25) is 10.0 Å². The smallest absolute Gasteiger partial charge is 0.407 e. The van der Waals surface area contributed by atoms with Crippen LogP contribution in [0.3, 0.4) is 0 Å². The van der Waals surface area contributed by atoms with E-state index in [1.54, 1.807) is 15.5 Å². The van der Waals surface area contributed by atoms with E-state index >= 15 is 0 Å². The Morgan fingerprint density at radius 1 is 1.12 bits per heavy atom. The van der Waals surface area contributed by atoms with E-state index < -0.39 is 21.7 Å². The number of likely N-dealkylation sites (tertiary alicyclic amines) is 1. The lowest BCUT2D eigenvalue weighted by molar-refractivity contribution is 0.0508. The van der Waals surface area contributed by atoms with Crippen molar-refractivity contribution in [2.45, 2.75) is 71.1 Å². The fraction of sp³-hybridized carbons (Fsp3) is 0.517. The molecular weight excluding hydrogens is 594 g/mol. The predicted octanol–water partition coefficient (Wildman–Crippen LogP) is 4.53. The summed E-state index contributed by atoms with van der Waals surface area (Å²) in [7, 11) is -3.61. The SMILES string of the molecule is Cc1cn2nc([C@@H]3CCCCN3C(=O)c3cc(Cl)ccc3NS(C)(=O)=O)cc2nc1N1CC[C@H](NC(=O)OC(C)(C)C)C1. The molecule has 12 nitrogen and oxygen atoms in total. The van der Waals surface area contributed by atoms with Crippen molar-refractivity contribution in [2.24, 2.45) is 0 Å². The molecule has 0 spiro atoms. The number of amides is 2. The highest BCUT2D eigenvalue weighted by Crippen LogP contribution is 2.34. The molecular formula is C29H38ClN7O5S. The topological polar surface area (TPSA) is 138 Å². The maximum absolute atomic E-state index is 13.9. The average molecular weight is 632 g/mol. The molecule has 2 aliphatic rings. The lowest BCUT2D eigenvalue weighted by Crippen LogP contribution is -2.40. The Morgan fingerprint density at radius 3 is 2.60 bits per heavy atom. The van der Waals surface area contributed by atoms with Crippen LogP contribution in [0.15, 0.2) is 30.5 Å². The number of hydrogen-bond donors (Lipinski definition) is 2. The first-order valence-electron chi connectivity index (χ1n) is 14.4. The molecule has 14 heteroatoms. The van der Waals surface area contributed by atoms with Gasteiger partial charge in [-0.05, 0) is 71.6 Å². The summed E-state index contributed by atoms with van der Waals surface area (Å²) in [6.45, 7) is 9.33. The zero-order chi connectivity index (χ0) is 31.1. The third-order valence-electron chi connectivity index (χ3n) is 7.45. The van der Waals surface area contributed by atoms with E-state index in [0.29, 0.717) is 35.9 Å². The average Bonchev–Trinajstić information content (AvgIpc) is 3.53. The van der Waals surface area contributed by atoms with Gasteiger partial charge in [-0.2, -0.15) is 5.10 Å². The molecule has 3 aromatic rings. The molecule has 2 aliphatic heterocycles. The van der Waals surface area contributed by atoms with Crippen molar-refractivity contribution < 1.29 is 22.7 Å². The number of fused-ring (bicyclic) bond motifs is 1. The van der Waals surface area contributed by atoms with Crippen LogP contribution in [-0.4, -0.2) is 77.4 Å². The van der Waals surface area contributed by atoms with Crippen molar-refractivity contribution in [1.82, 2.24) is 24.8 Å². The number of carbonyl (C=O) groups excluding carboxylic acids is 2. The van der Waals surface area contributed by atoms with E-state index in [1.165, 1.54) is 12.1 Å². The number of sulfonamides is 1. The van der Waals surface area contributed by atoms with Crippen molar-refractivity contribution in [3.05, 3.63) is 52.3 Å². The minimum atomic E-state index is -3.61. The summed E-state index contributed by atoms with van der Waals surface area (Å²) < 4.78 is 33.5. The number of hydrogen-bond acceptors (Lipinski definition) is 8. The lowest BCUT2D eigenvalue weighted by Gasteiger charge is -2.35. The molecule has 4 heterocycles. The number of carbonyl (C=O) groups is 2. The van der Waals surface area contributed by atoms with Crippen LogP contribution in [0.25, 0.3) is 5.65 Å².